The van der Waals surface area contributed by atoms with E-state index in [9.17, 15) is 10.2 Å². The van der Waals surface area contributed by atoms with Gasteiger partial charge in [0.25, 0.3) is 0 Å². The average molecular weight is 216 g/mol. The normalized spacial score (nSPS) is 42.3. The summed E-state index contributed by atoms with van der Waals surface area (Å²) in [6.45, 7) is -0.324. The third-order valence-electron chi connectivity index (χ3n) is 2.77. The molecule has 0 aromatic rings. The molecule has 0 amide bonds. The van der Waals surface area contributed by atoms with Gasteiger partial charge in [-0.1, -0.05) is 12.2 Å². The van der Waals surface area contributed by atoms with E-state index in [1.165, 1.54) is 0 Å². The van der Waals surface area contributed by atoms with Gasteiger partial charge in [0.1, 0.15) is 18.3 Å². The van der Waals surface area contributed by atoms with Crippen molar-refractivity contribution in [2.45, 2.75) is 43.5 Å². The second-order valence-corrected chi connectivity index (χ2v) is 3.91. The molecule has 0 aliphatic carbocycles. The maximum atomic E-state index is 9.41. The van der Waals surface area contributed by atoms with Gasteiger partial charge in [-0.05, 0) is 6.42 Å². The van der Waals surface area contributed by atoms with Crippen molar-refractivity contribution in [2.24, 2.45) is 0 Å². The van der Waals surface area contributed by atoms with E-state index in [4.69, 9.17) is 14.6 Å². The molecule has 2 heterocycles. The van der Waals surface area contributed by atoms with E-state index in [1.54, 1.807) is 12.2 Å². The van der Waals surface area contributed by atoms with Gasteiger partial charge in [-0.3, -0.25) is 0 Å². The predicted molar refractivity (Wildman–Crippen MR) is 51.0 cm³/mol. The van der Waals surface area contributed by atoms with Gasteiger partial charge in [0.2, 0.25) is 0 Å². The monoisotopic (exact) mass is 216 g/mol. The molecule has 0 radical (unpaired) electrons. The maximum absolute atomic E-state index is 9.41. The smallest absolute Gasteiger partial charge is 0.155 e. The summed E-state index contributed by atoms with van der Waals surface area (Å²) < 4.78 is 10.8. The first-order chi connectivity index (χ1) is 7.20. The molecule has 15 heavy (non-hydrogen) atoms. The minimum absolute atomic E-state index is 0.135. The van der Waals surface area contributed by atoms with Crippen LogP contribution in [0.4, 0.5) is 0 Å². The molecule has 1 fully saturated rings. The number of aliphatic hydroxyl groups excluding tert-OH is 3. The van der Waals surface area contributed by atoms with E-state index in [1.807, 2.05) is 0 Å². The zero-order valence-corrected chi connectivity index (χ0v) is 8.32. The van der Waals surface area contributed by atoms with E-state index in [2.05, 4.69) is 0 Å². The zero-order valence-electron chi connectivity index (χ0n) is 8.32. The molecule has 3 N–H and O–H groups in total. The molecule has 2 aliphatic rings. The second kappa shape index (κ2) is 4.59. The Balaban J connectivity index is 1.99. The first-order valence-corrected chi connectivity index (χ1v) is 5.17. The summed E-state index contributed by atoms with van der Waals surface area (Å²) in [5.74, 6) is 0. The van der Waals surface area contributed by atoms with E-state index in [0.29, 0.717) is 12.8 Å². The van der Waals surface area contributed by atoms with Gasteiger partial charge in [0, 0.05) is 6.42 Å². The van der Waals surface area contributed by atoms with Gasteiger partial charge < -0.3 is 24.8 Å². The lowest BCUT2D eigenvalue weighted by Crippen LogP contribution is -2.46. The van der Waals surface area contributed by atoms with E-state index >= 15 is 0 Å². The van der Waals surface area contributed by atoms with Crippen LogP contribution in [0.2, 0.25) is 0 Å². The molecule has 2 unspecified atom stereocenters. The van der Waals surface area contributed by atoms with Crippen LogP contribution in [0.3, 0.4) is 0 Å². The lowest BCUT2D eigenvalue weighted by Gasteiger charge is -2.38. The molecule has 1 saturated heterocycles. The van der Waals surface area contributed by atoms with Crippen LogP contribution in [0.15, 0.2) is 12.2 Å². The van der Waals surface area contributed by atoms with Crippen LogP contribution in [-0.4, -0.2) is 52.6 Å². The molecule has 0 bridgehead atoms. The number of aliphatic hydroxyl groups is 3. The third kappa shape index (κ3) is 2.38. The molecule has 2 aliphatic heterocycles. The van der Waals surface area contributed by atoms with Crippen molar-refractivity contribution < 1.29 is 24.8 Å². The van der Waals surface area contributed by atoms with Gasteiger partial charge in [0.15, 0.2) is 6.29 Å². The van der Waals surface area contributed by atoms with E-state index in [0.717, 1.165) is 0 Å². The molecular formula is C10H16O5. The van der Waals surface area contributed by atoms with Gasteiger partial charge >= 0.3 is 0 Å². The summed E-state index contributed by atoms with van der Waals surface area (Å²) in [6, 6.07) is 0. The molecular weight excluding hydrogens is 200 g/mol. The Kier molecular flexibility index (Phi) is 3.38. The van der Waals surface area contributed by atoms with Crippen LogP contribution in [0.5, 0.6) is 0 Å². The number of ether oxygens (including phenoxy) is 2. The summed E-state index contributed by atoms with van der Waals surface area (Å²) in [4.78, 5) is 0. The molecule has 0 aromatic carbocycles. The topological polar surface area (TPSA) is 79.2 Å². The average Bonchev–Trinajstić information content (AvgIpc) is 2.27. The highest BCUT2D eigenvalue weighted by Crippen LogP contribution is 2.27. The molecule has 0 saturated carbocycles. The van der Waals surface area contributed by atoms with Crippen LogP contribution in [0, 0.1) is 0 Å². The highest BCUT2D eigenvalue weighted by atomic mass is 16.6. The van der Waals surface area contributed by atoms with Crippen molar-refractivity contribution in [2.75, 3.05) is 6.61 Å². The zero-order chi connectivity index (χ0) is 10.8. The first kappa shape index (κ1) is 11.0. The molecule has 0 aromatic heterocycles. The van der Waals surface area contributed by atoms with Gasteiger partial charge in [-0.2, -0.15) is 0 Å². The van der Waals surface area contributed by atoms with Gasteiger partial charge in [-0.15, -0.1) is 0 Å². The minimum Gasteiger partial charge on any atom is -0.394 e. The van der Waals surface area contributed by atoms with Crippen molar-refractivity contribution in [1.82, 2.24) is 0 Å². The van der Waals surface area contributed by atoms with Crippen molar-refractivity contribution >= 4 is 0 Å². The van der Waals surface area contributed by atoms with Crippen LogP contribution in [0.25, 0.3) is 0 Å². The highest BCUT2D eigenvalue weighted by molar-refractivity contribution is 5.06. The van der Waals surface area contributed by atoms with Gasteiger partial charge in [-0.25, -0.2) is 0 Å². The fraction of sp³-hybridized carbons (Fsp3) is 0.800. The second-order valence-electron chi connectivity index (χ2n) is 3.91. The molecule has 5 heteroatoms. The van der Waals surface area contributed by atoms with E-state index < -0.39 is 18.5 Å². The SMILES string of the molecule is OC[C@H](O)C1C=CC2O[C@H](O)CC[C@@H]2O1. The Labute approximate surface area is 87.9 Å². The summed E-state index contributed by atoms with van der Waals surface area (Å²) in [6.07, 6.45) is 2.21. The summed E-state index contributed by atoms with van der Waals surface area (Å²) in [5.41, 5.74) is 0. The van der Waals surface area contributed by atoms with Crippen molar-refractivity contribution in [3.05, 3.63) is 12.2 Å². The fourth-order valence-electron chi connectivity index (χ4n) is 1.91. The summed E-state index contributed by atoms with van der Waals surface area (Å²) >= 11 is 0. The molecule has 5 nitrogen and oxygen atoms in total. The molecule has 5 atom stereocenters. The van der Waals surface area contributed by atoms with Crippen LogP contribution < -0.4 is 0 Å². The van der Waals surface area contributed by atoms with E-state index in [-0.39, 0.29) is 18.8 Å². The minimum atomic E-state index is -0.894. The summed E-state index contributed by atoms with van der Waals surface area (Å²) in [7, 11) is 0. The third-order valence-corrected chi connectivity index (χ3v) is 2.77. The Hall–Kier alpha value is -0.460. The Morgan fingerprint density at radius 1 is 1.27 bits per heavy atom. The van der Waals surface area contributed by atoms with Crippen LogP contribution >= 0.6 is 0 Å². The van der Waals surface area contributed by atoms with Gasteiger partial charge in [0.05, 0.1) is 12.7 Å². The first-order valence-electron chi connectivity index (χ1n) is 5.17. The van der Waals surface area contributed by atoms with Crippen molar-refractivity contribution in [3.8, 4) is 0 Å². The van der Waals surface area contributed by atoms with Crippen LogP contribution in [0.1, 0.15) is 12.8 Å². The van der Waals surface area contributed by atoms with Crippen molar-refractivity contribution in [3.63, 3.8) is 0 Å². The fourth-order valence-corrected chi connectivity index (χ4v) is 1.91. The number of fused-ring (bicyclic) bond motifs is 1. The predicted octanol–water partition coefficient (Wildman–Crippen LogP) is -0.839. The molecule has 2 rings (SSSR count). The number of hydrogen-bond donors (Lipinski definition) is 3. The molecule has 0 spiro atoms. The summed E-state index contributed by atoms with van der Waals surface area (Å²) in [5, 5.41) is 27.5. The largest absolute Gasteiger partial charge is 0.394 e. The lowest BCUT2D eigenvalue weighted by atomic mass is 9.99. The number of rotatable bonds is 2. The molecule has 86 valence electrons. The Bertz CT molecular complexity index is 242. The Morgan fingerprint density at radius 2 is 2.07 bits per heavy atom. The maximum Gasteiger partial charge on any atom is 0.155 e. The Morgan fingerprint density at radius 3 is 2.80 bits per heavy atom. The lowest BCUT2D eigenvalue weighted by molar-refractivity contribution is -0.213. The standard InChI is InChI=1S/C10H16O5/c11-5-6(12)7-1-2-9-8(14-7)3-4-10(13)15-9/h1-2,6-13H,3-5H2/t6-,7?,8-,9?,10-/m0/s1. The van der Waals surface area contributed by atoms with Crippen LogP contribution in [-0.2, 0) is 9.47 Å². The van der Waals surface area contributed by atoms with Crippen molar-refractivity contribution in [1.29, 1.82) is 0 Å². The highest BCUT2D eigenvalue weighted by Gasteiger charge is 2.35. The number of hydrogen-bond acceptors (Lipinski definition) is 5. The quantitative estimate of drug-likeness (QED) is 0.525.